The van der Waals surface area contributed by atoms with E-state index in [4.69, 9.17) is 4.74 Å². The topological polar surface area (TPSA) is 81.5 Å². The van der Waals surface area contributed by atoms with E-state index in [0.29, 0.717) is 17.0 Å². The lowest BCUT2D eigenvalue weighted by Crippen LogP contribution is -2.14. The minimum Gasteiger partial charge on any atom is -0.496 e. The standard InChI is InChI=1S/C15H14N2O4/c1-10-7-8-11(17(19)20)9-13(10)16-15(18)12-5-3-4-6-14(12)21-2/h3-9H,1-2H3,(H,16,18). The zero-order valence-corrected chi connectivity index (χ0v) is 11.6. The molecule has 0 unspecified atom stereocenters. The van der Waals surface area contributed by atoms with Crippen LogP contribution in [-0.4, -0.2) is 17.9 Å². The summed E-state index contributed by atoms with van der Waals surface area (Å²) in [5, 5.41) is 13.5. The molecule has 0 saturated heterocycles. The van der Waals surface area contributed by atoms with Crippen molar-refractivity contribution < 1.29 is 14.5 Å². The second kappa shape index (κ2) is 6.04. The lowest BCUT2D eigenvalue weighted by molar-refractivity contribution is -0.384. The number of nitro benzene ring substituents is 1. The van der Waals surface area contributed by atoms with Gasteiger partial charge in [0.1, 0.15) is 5.75 Å². The molecular formula is C15H14N2O4. The summed E-state index contributed by atoms with van der Waals surface area (Å²) in [4.78, 5) is 22.6. The number of rotatable bonds is 4. The number of nitro groups is 1. The van der Waals surface area contributed by atoms with Crippen molar-refractivity contribution in [1.82, 2.24) is 0 Å². The molecule has 0 bridgehead atoms. The molecule has 6 heteroatoms. The number of hydrogen-bond acceptors (Lipinski definition) is 4. The molecule has 1 amide bonds. The van der Waals surface area contributed by atoms with Gasteiger partial charge in [0.15, 0.2) is 0 Å². The Balaban J connectivity index is 2.31. The average Bonchev–Trinajstić information content (AvgIpc) is 2.49. The Morgan fingerprint density at radius 1 is 1.24 bits per heavy atom. The van der Waals surface area contributed by atoms with Crippen LogP contribution in [0.2, 0.25) is 0 Å². The van der Waals surface area contributed by atoms with Gasteiger partial charge >= 0.3 is 0 Å². The zero-order chi connectivity index (χ0) is 15.4. The molecule has 2 rings (SSSR count). The summed E-state index contributed by atoms with van der Waals surface area (Å²) in [7, 11) is 1.48. The van der Waals surface area contributed by atoms with Crippen LogP contribution in [0.15, 0.2) is 42.5 Å². The molecular weight excluding hydrogens is 272 g/mol. The van der Waals surface area contributed by atoms with E-state index in [0.717, 1.165) is 5.56 Å². The van der Waals surface area contributed by atoms with Gasteiger partial charge in [0, 0.05) is 12.1 Å². The predicted molar refractivity (Wildman–Crippen MR) is 78.8 cm³/mol. The largest absolute Gasteiger partial charge is 0.496 e. The Morgan fingerprint density at radius 2 is 1.95 bits per heavy atom. The molecule has 0 aliphatic heterocycles. The fraction of sp³-hybridized carbons (Fsp3) is 0.133. The molecule has 0 aliphatic carbocycles. The van der Waals surface area contributed by atoms with Crippen molar-refractivity contribution in [2.24, 2.45) is 0 Å². The summed E-state index contributed by atoms with van der Waals surface area (Å²) >= 11 is 0. The van der Waals surface area contributed by atoms with Gasteiger partial charge in [-0.2, -0.15) is 0 Å². The minimum atomic E-state index is -0.502. The first-order chi connectivity index (χ1) is 10.0. The van der Waals surface area contributed by atoms with Gasteiger partial charge in [-0.3, -0.25) is 14.9 Å². The van der Waals surface area contributed by atoms with Crippen molar-refractivity contribution in [3.63, 3.8) is 0 Å². The maximum Gasteiger partial charge on any atom is 0.271 e. The highest BCUT2D eigenvalue weighted by molar-refractivity contribution is 6.06. The van der Waals surface area contributed by atoms with Gasteiger partial charge in [-0.25, -0.2) is 0 Å². The molecule has 1 N–H and O–H groups in total. The third-order valence-corrected chi connectivity index (χ3v) is 3.03. The van der Waals surface area contributed by atoms with E-state index >= 15 is 0 Å². The maximum absolute atomic E-state index is 12.3. The van der Waals surface area contributed by atoms with Gasteiger partial charge < -0.3 is 10.1 Å². The van der Waals surface area contributed by atoms with Crippen LogP contribution in [0.25, 0.3) is 0 Å². The smallest absolute Gasteiger partial charge is 0.271 e. The SMILES string of the molecule is COc1ccccc1C(=O)Nc1cc([N+](=O)[O-])ccc1C. The third-order valence-electron chi connectivity index (χ3n) is 3.03. The van der Waals surface area contributed by atoms with Crippen LogP contribution in [0.4, 0.5) is 11.4 Å². The van der Waals surface area contributed by atoms with Crippen LogP contribution in [0.1, 0.15) is 15.9 Å². The van der Waals surface area contributed by atoms with E-state index in [9.17, 15) is 14.9 Å². The highest BCUT2D eigenvalue weighted by Gasteiger charge is 2.15. The Labute approximate surface area is 121 Å². The first-order valence-corrected chi connectivity index (χ1v) is 6.22. The van der Waals surface area contributed by atoms with Crippen molar-refractivity contribution in [3.05, 3.63) is 63.7 Å². The lowest BCUT2D eigenvalue weighted by Gasteiger charge is -2.10. The summed E-state index contributed by atoms with van der Waals surface area (Å²) < 4.78 is 5.13. The Morgan fingerprint density at radius 3 is 2.62 bits per heavy atom. The van der Waals surface area contributed by atoms with Crippen molar-refractivity contribution in [2.75, 3.05) is 12.4 Å². The predicted octanol–water partition coefficient (Wildman–Crippen LogP) is 3.16. The fourth-order valence-electron chi connectivity index (χ4n) is 1.88. The number of hydrogen-bond donors (Lipinski definition) is 1. The van der Waals surface area contributed by atoms with E-state index in [1.54, 1.807) is 37.3 Å². The van der Waals surface area contributed by atoms with Crippen LogP contribution in [0.3, 0.4) is 0 Å². The van der Waals surface area contributed by atoms with Gasteiger partial charge in [-0.15, -0.1) is 0 Å². The minimum absolute atomic E-state index is 0.0732. The van der Waals surface area contributed by atoms with Crippen molar-refractivity contribution in [2.45, 2.75) is 6.92 Å². The van der Waals surface area contributed by atoms with Crippen molar-refractivity contribution in [3.8, 4) is 5.75 Å². The molecule has 2 aromatic carbocycles. The second-order valence-corrected chi connectivity index (χ2v) is 4.41. The molecule has 108 valence electrons. The summed E-state index contributed by atoms with van der Waals surface area (Å²) in [6, 6.07) is 11.1. The first-order valence-electron chi connectivity index (χ1n) is 6.22. The number of non-ortho nitro benzene ring substituents is 1. The van der Waals surface area contributed by atoms with Crippen LogP contribution in [-0.2, 0) is 0 Å². The van der Waals surface area contributed by atoms with E-state index in [1.807, 2.05) is 0 Å². The van der Waals surface area contributed by atoms with E-state index in [2.05, 4.69) is 5.32 Å². The first kappa shape index (κ1) is 14.5. The Kier molecular flexibility index (Phi) is 4.18. The van der Waals surface area contributed by atoms with Gasteiger partial charge in [0.2, 0.25) is 0 Å². The number of methoxy groups -OCH3 is 1. The molecule has 0 spiro atoms. The molecule has 0 aliphatic rings. The van der Waals surface area contributed by atoms with Gasteiger partial charge in [-0.1, -0.05) is 18.2 Å². The molecule has 21 heavy (non-hydrogen) atoms. The number of nitrogens with zero attached hydrogens (tertiary/aromatic N) is 1. The number of ether oxygens (including phenoxy) is 1. The summed E-state index contributed by atoms with van der Waals surface area (Å²) in [6.07, 6.45) is 0. The van der Waals surface area contributed by atoms with Crippen molar-refractivity contribution >= 4 is 17.3 Å². The van der Waals surface area contributed by atoms with E-state index < -0.39 is 4.92 Å². The number of para-hydroxylation sites is 1. The van der Waals surface area contributed by atoms with E-state index in [1.165, 1.54) is 19.2 Å². The number of anilines is 1. The number of carbonyl (C=O) groups is 1. The van der Waals surface area contributed by atoms with Crippen LogP contribution < -0.4 is 10.1 Å². The molecule has 0 heterocycles. The summed E-state index contributed by atoms with van der Waals surface area (Å²) in [5.41, 5.74) is 1.44. The Hall–Kier alpha value is -2.89. The van der Waals surface area contributed by atoms with Crippen LogP contribution in [0.5, 0.6) is 5.75 Å². The van der Waals surface area contributed by atoms with Crippen LogP contribution >= 0.6 is 0 Å². The number of amides is 1. The molecule has 0 aromatic heterocycles. The molecule has 0 radical (unpaired) electrons. The van der Waals surface area contributed by atoms with Crippen LogP contribution in [0, 0.1) is 17.0 Å². The zero-order valence-electron chi connectivity index (χ0n) is 11.6. The van der Waals surface area contributed by atoms with Gasteiger partial charge in [0.05, 0.1) is 23.3 Å². The van der Waals surface area contributed by atoms with Gasteiger partial charge in [0.25, 0.3) is 11.6 Å². The monoisotopic (exact) mass is 286 g/mol. The maximum atomic E-state index is 12.3. The van der Waals surface area contributed by atoms with Gasteiger partial charge in [-0.05, 0) is 24.6 Å². The normalized spacial score (nSPS) is 10.0. The highest BCUT2D eigenvalue weighted by atomic mass is 16.6. The molecule has 2 aromatic rings. The highest BCUT2D eigenvalue weighted by Crippen LogP contribution is 2.24. The number of benzene rings is 2. The Bertz CT molecular complexity index is 698. The molecule has 0 saturated carbocycles. The average molecular weight is 286 g/mol. The second-order valence-electron chi connectivity index (χ2n) is 4.41. The summed E-state index contributed by atoms with van der Waals surface area (Å²) in [5.74, 6) is 0.0640. The van der Waals surface area contributed by atoms with Crippen molar-refractivity contribution in [1.29, 1.82) is 0 Å². The fourth-order valence-corrected chi connectivity index (χ4v) is 1.88. The number of carbonyl (C=O) groups excluding carboxylic acids is 1. The molecule has 6 nitrogen and oxygen atoms in total. The quantitative estimate of drug-likeness (QED) is 0.691. The summed E-state index contributed by atoms with van der Waals surface area (Å²) in [6.45, 7) is 1.77. The number of aryl methyl sites for hydroxylation is 1. The number of nitrogens with one attached hydrogen (secondary N) is 1. The lowest BCUT2D eigenvalue weighted by atomic mass is 10.1. The molecule has 0 atom stereocenters. The molecule has 0 fully saturated rings. The van der Waals surface area contributed by atoms with E-state index in [-0.39, 0.29) is 11.6 Å². The third kappa shape index (κ3) is 3.17.